The van der Waals surface area contributed by atoms with Gasteiger partial charge in [-0.1, -0.05) is 6.07 Å². The number of halogens is 1. The number of thiazole rings is 1. The zero-order chi connectivity index (χ0) is 20.8. The van der Waals surface area contributed by atoms with E-state index in [4.69, 9.17) is 5.73 Å². The van der Waals surface area contributed by atoms with Crippen molar-refractivity contribution in [3.8, 4) is 0 Å². The van der Waals surface area contributed by atoms with Crippen LogP contribution >= 0.6 is 38.6 Å². The Kier molecular flexibility index (Phi) is 4.72. The Hall–Kier alpha value is -2.89. The number of aromatic nitrogens is 5. The molecule has 0 spiro atoms. The Morgan fingerprint density at radius 2 is 2.13 bits per heavy atom. The first-order chi connectivity index (χ1) is 14.5. The largest absolute Gasteiger partial charge is 0.382 e. The lowest BCUT2D eigenvalue weighted by atomic mass is 10.2. The minimum Gasteiger partial charge on any atom is -0.382 e. The van der Waals surface area contributed by atoms with Gasteiger partial charge in [-0.25, -0.2) is 15.0 Å². The molecule has 3 N–H and O–H groups in total. The molecule has 1 amide bonds. The molecule has 0 aliphatic carbocycles. The molecule has 8 nitrogen and oxygen atoms in total. The fourth-order valence-electron chi connectivity index (χ4n) is 3.23. The smallest absolute Gasteiger partial charge is 0.258 e. The van der Waals surface area contributed by atoms with E-state index < -0.39 is 0 Å². The van der Waals surface area contributed by atoms with E-state index in [1.54, 1.807) is 16.7 Å². The topological polar surface area (TPSA) is 112 Å². The standard InChI is InChI=1S/C19H14BrN7OS2/c1-9-6-29-13(24-9)5-27-12-4-2-3-11(14(12)17(20)26-27)25-19(28)10-7-30-16-15(10)22-8-23-18(16)21/h2-4,6-8H,5H2,1H3,(H,25,28)(H2,21,22,23). The van der Waals surface area contributed by atoms with Crippen molar-refractivity contribution >= 4 is 77.1 Å². The summed E-state index contributed by atoms with van der Waals surface area (Å²) in [5, 5.41) is 13.2. The lowest BCUT2D eigenvalue weighted by Crippen LogP contribution is -2.12. The predicted octanol–water partition coefficient (Wildman–Crippen LogP) is 4.45. The molecule has 0 atom stereocenters. The SMILES string of the molecule is Cc1csc(Cn2nc(Br)c3c(NC(=O)c4csc5c(N)ncnc45)cccc32)n1. The second-order valence-electron chi connectivity index (χ2n) is 6.57. The van der Waals surface area contributed by atoms with E-state index in [1.807, 2.05) is 35.2 Å². The van der Waals surface area contributed by atoms with E-state index in [-0.39, 0.29) is 5.91 Å². The van der Waals surface area contributed by atoms with Crippen LogP contribution in [0, 0.1) is 6.92 Å². The first kappa shape index (κ1) is 19.1. The number of aryl methyl sites for hydroxylation is 1. The minimum absolute atomic E-state index is 0.262. The lowest BCUT2D eigenvalue weighted by Gasteiger charge is -2.07. The van der Waals surface area contributed by atoms with Crippen molar-refractivity contribution in [3.05, 3.63) is 56.2 Å². The number of hydrogen-bond donors (Lipinski definition) is 2. The second kappa shape index (κ2) is 7.42. The summed E-state index contributed by atoms with van der Waals surface area (Å²) in [7, 11) is 0. The summed E-state index contributed by atoms with van der Waals surface area (Å²) < 4.78 is 3.23. The van der Waals surface area contributed by atoms with Crippen LogP contribution in [0.2, 0.25) is 0 Å². The Bertz CT molecular complexity index is 1420. The van der Waals surface area contributed by atoms with E-state index in [9.17, 15) is 4.79 Å². The highest BCUT2D eigenvalue weighted by Gasteiger charge is 2.19. The maximum absolute atomic E-state index is 13.0. The summed E-state index contributed by atoms with van der Waals surface area (Å²) in [5.41, 5.74) is 9.45. The molecule has 0 bridgehead atoms. The van der Waals surface area contributed by atoms with E-state index >= 15 is 0 Å². The van der Waals surface area contributed by atoms with Gasteiger partial charge in [-0.3, -0.25) is 9.48 Å². The summed E-state index contributed by atoms with van der Waals surface area (Å²) in [4.78, 5) is 25.7. The van der Waals surface area contributed by atoms with Crippen molar-refractivity contribution in [2.24, 2.45) is 0 Å². The molecule has 4 heterocycles. The first-order valence-electron chi connectivity index (χ1n) is 8.86. The van der Waals surface area contributed by atoms with Crippen molar-refractivity contribution in [1.29, 1.82) is 0 Å². The maximum atomic E-state index is 13.0. The van der Waals surface area contributed by atoms with Crippen molar-refractivity contribution in [2.75, 3.05) is 11.1 Å². The van der Waals surface area contributed by atoms with Gasteiger partial charge in [0.1, 0.15) is 21.8 Å². The fourth-order valence-corrected chi connectivity index (χ4v) is 5.49. The molecule has 150 valence electrons. The average Bonchev–Trinajstić information content (AvgIpc) is 3.41. The van der Waals surface area contributed by atoms with Gasteiger partial charge in [0.2, 0.25) is 0 Å². The van der Waals surface area contributed by atoms with Gasteiger partial charge in [0.15, 0.2) is 0 Å². The summed E-state index contributed by atoms with van der Waals surface area (Å²) in [6.07, 6.45) is 1.36. The summed E-state index contributed by atoms with van der Waals surface area (Å²) in [6, 6.07) is 5.71. The number of rotatable bonds is 4. The normalized spacial score (nSPS) is 11.4. The molecule has 0 saturated heterocycles. The minimum atomic E-state index is -0.262. The van der Waals surface area contributed by atoms with Crippen LogP contribution in [-0.4, -0.2) is 30.6 Å². The van der Waals surface area contributed by atoms with E-state index in [2.05, 4.69) is 41.3 Å². The molecule has 0 unspecified atom stereocenters. The van der Waals surface area contributed by atoms with Crippen molar-refractivity contribution in [3.63, 3.8) is 0 Å². The summed E-state index contributed by atoms with van der Waals surface area (Å²) in [6.45, 7) is 2.53. The highest BCUT2D eigenvalue weighted by Crippen LogP contribution is 2.33. The van der Waals surface area contributed by atoms with Gasteiger partial charge in [0, 0.05) is 16.5 Å². The van der Waals surface area contributed by atoms with Crippen molar-refractivity contribution in [1.82, 2.24) is 24.7 Å². The van der Waals surface area contributed by atoms with Gasteiger partial charge in [-0.2, -0.15) is 5.10 Å². The number of anilines is 2. The van der Waals surface area contributed by atoms with Crippen LogP contribution in [-0.2, 0) is 6.54 Å². The third-order valence-electron chi connectivity index (χ3n) is 4.56. The number of nitrogens with one attached hydrogen (secondary N) is 1. The predicted molar refractivity (Wildman–Crippen MR) is 123 cm³/mol. The molecule has 1 aromatic carbocycles. The van der Waals surface area contributed by atoms with Crippen LogP contribution in [0.1, 0.15) is 21.1 Å². The average molecular weight is 500 g/mol. The number of fused-ring (bicyclic) bond motifs is 2. The number of thiophene rings is 1. The molecule has 0 saturated carbocycles. The highest BCUT2D eigenvalue weighted by molar-refractivity contribution is 9.10. The van der Waals surface area contributed by atoms with Gasteiger partial charge in [-0.05, 0) is 35.0 Å². The van der Waals surface area contributed by atoms with Gasteiger partial charge in [0.25, 0.3) is 5.91 Å². The molecule has 30 heavy (non-hydrogen) atoms. The quantitative estimate of drug-likeness (QED) is 0.377. The second-order valence-corrected chi connectivity index (χ2v) is 9.14. The molecule has 0 fully saturated rings. The molecular weight excluding hydrogens is 486 g/mol. The van der Waals surface area contributed by atoms with Crippen LogP contribution in [0.25, 0.3) is 21.1 Å². The van der Waals surface area contributed by atoms with Gasteiger partial charge >= 0.3 is 0 Å². The molecule has 0 radical (unpaired) electrons. The zero-order valence-corrected chi connectivity index (χ0v) is 18.8. The fraction of sp³-hybridized carbons (Fsp3) is 0.105. The number of nitrogens with two attached hydrogens (primary N) is 1. The van der Waals surface area contributed by atoms with Crippen molar-refractivity contribution < 1.29 is 4.79 Å². The molecule has 0 aliphatic heterocycles. The molecule has 11 heteroatoms. The molecular formula is C19H14BrN7OS2. The lowest BCUT2D eigenvalue weighted by molar-refractivity contribution is 0.102. The Labute approximate surface area is 186 Å². The Morgan fingerprint density at radius 1 is 1.27 bits per heavy atom. The molecule has 4 aromatic heterocycles. The van der Waals surface area contributed by atoms with E-state index in [1.165, 1.54) is 17.7 Å². The summed E-state index contributed by atoms with van der Waals surface area (Å²) >= 11 is 6.49. The number of nitrogen functional groups attached to an aromatic ring is 1. The van der Waals surface area contributed by atoms with Crippen LogP contribution in [0.5, 0.6) is 0 Å². The van der Waals surface area contributed by atoms with Gasteiger partial charge < -0.3 is 11.1 Å². The maximum Gasteiger partial charge on any atom is 0.258 e. The first-order valence-corrected chi connectivity index (χ1v) is 11.4. The third kappa shape index (κ3) is 3.24. The van der Waals surface area contributed by atoms with Crippen molar-refractivity contribution in [2.45, 2.75) is 13.5 Å². The molecule has 5 aromatic rings. The van der Waals surface area contributed by atoms with Gasteiger partial charge in [0.05, 0.1) is 38.9 Å². The zero-order valence-electron chi connectivity index (χ0n) is 15.6. The number of nitrogens with zero attached hydrogens (tertiary/aromatic N) is 5. The van der Waals surface area contributed by atoms with Crippen LogP contribution < -0.4 is 11.1 Å². The van der Waals surface area contributed by atoms with E-state index in [0.29, 0.717) is 38.4 Å². The number of carbonyl (C=O) groups is 1. The van der Waals surface area contributed by atoms with Gasteiger partial charge in [-0.15, -0.1) is 22.7 Å². The monoisotopic (exact) mass is 499 g/mol. The molecule has 5 rings (SSSR count). The number of carbonyl (C=O) groups excluding carboxylic acids is 1. The van der Waals surface area contributed by atoms with Crippen LogP contribution in [0.4, 0.5) is 11.5 Å². The number of hydrogen-bond acceptors (Lipinski definition) is 8. The third-order valence-corrected chi connectivity index (χ3v) is 7.06. The summed E-state index contributed by atoms with van der Waals surface area (Å²) in [5.74, 6) is 0.106. The highest BCUT2D eigenvalue weighted by atomic mass is 79.9. The van der Waals surface area contributed by atoms with E-state index in [0.717, 1.165) is 21.6 Å². The molecule has 0 aliphatic rings. The van der Waals surface area contributed by atoms with Crippen LogP contribution in [0.3, 0.4) is 0 Å². The number of amides is 1. The Morgan fingerprint density at radius 3 is 2.93 bits per heavy atom. The number of benzene rings is 1. The van der Waals surface area contributed by atoms with Crippen LogP contribution in [0.15, 0.2) is 39.9 Å². The Balaban J connectivity index is 1.51.